The summed E-state index contributed by atoms with van der Waals surface area (Å²) >= 11 is 7.22. The molecule has 0 atom stereocenters. The molecule has 1 aromatic carbocycles. The summed E-state index contributed by atoms with van der Waals surface area (Å²) in [5.74, 6) is 0.996. The molecule has 16 heavy (non-hydrogen) atoms. The Bertz CT molecular complexity index is 353. The van der Waals surface area contributed by atoms with Crippen molar-refractivity contribution in [2.24, 2.45) is 0 Å². The summed E-state index contributed by atoms with van der Waals surface area (Å²) in [6.45, 7) is 4.42. The predicted molar refractivity (Wildman–Crippen MR) is 75.9 cm³/mol. The van der Waals surface area contributed by atoms with Gasteiger partial charge in [-0.3, -0.25) is 0 Å². The maximum atomic E-state index is 5.43. The minimum Gasteiger partial charge on any atom is -0.358 e. The zero-order valence-electron chi connectivity index (χ0n) is 9.61. The second-order valence-corrected chi connectivity index (χ2v) is 5.84. The fourth-order valence-corrected chi connectivity index (χ4v) is 3.03. The van der Waals surface area contributed by atoms with Crippen LogP contribution in [0.25, 0.3) is 0 Å². The third-order valence-electron chi connectivity index (χ3n) is 2.85. The van der Waals surface area contributed by atoms with E-state index >= 15 is 0 Å². The van der Waals surface area contributed by atoms with E-state index in [1.807, 2.05) is 0 Å². The van der Waals surface area contributed by atoms with Crippen LogP contribution in [0.5, 0.6) is 0 Å². The molecule has 0 radical (unpaired) electrons. The quantitative estimate of drug-likeness (QED) is 0.739. The fraction of sp³-hybridized carbons (Fsp3) is 0.462. The van der Waals surface area contributed by atoms with E-state index in [2.05, 4.69) is 36.1 Å². The standard InChI is InChI=1S/C13H17NS2/c1-11-4-6-12(7-5-11)10-16-13(15)14-8-2-3-9-14/h4-7H,2-3,8-10H2,1H3. The number of benzene rings is 1. The van der Waals surface area contributed by atoms with Gasteiger partial charge in [0.2, 0.25) is 0 Å². The van der Waals surface area contributed by atoms with Crippen LogP contribution in [0.3, 0.4) is 0 Å². The van der Waals surface area contributed by atoms with Gasteiger partial charge in [-0.05, 0) is 25.3 Å². The number of thiocarbonyl (C=S) groups is 1. The van der Waals surface area contributed by atoms with Crippen LogP contribution in [0.15, 0.2) is 24.3 Å². The minimum absolute atomic E-state index is 0.996. The largest absolute Gasteiger partial charge is 0.358 e. The highest BCUT2D eigenvalue weighted by molar-refractivity contribution is 8.22. The van der Waals surface area contributed by atoms with E-state index in [0.29, 0.717) is 0 Å². The SMILES string of the molecule is Cc1ccc(CSC(=S)N2CCCC2)cc1. The number of hydrogen-bond acceptors (Lipinski definition) is 2. The zero-order chi connectivity index (χ0) is 11.4. The molecule has 1 saturated heterocycles. The Morgan fingerprint density at radius 3 is 2.50 bits per heavy atom. The molecule has 0 amide bonds. The predicted octanol–water partition coefficient (Wildman–Crippen LogP) is 3.61. The van der Waals surface area contributed by atoms with Gasteiger partial charge in [0.25, 0.3) is 0 Å². The molecule has 0 aliphatic carbocycles. The molecule has 0 saturated carbocycles. The number of likely N-dealkylation sites (tertiary alicyclic amines) is 1. The molecule has 0 aromatic heterocycles. The van der Waals surface area contributed by atoms with Crippen molar-refractivity contribution < 1.29 is 0 Å². The highest BCUT2D eigenvalue weighted by Gasteiger charge is 2.14. The maximum Gasteiger partial charge on any atom is 0.136 e. The molecule has 3 heteroatoms. The van der Waals surface area contributed by atoms with Crippen LogP contribution in [-0.4, -0.2) is 22.3 Å². The first-order valence-corrected chi connectivity index (χ1v) is 7.12. The first-order valence-electron chi connectivity index (χ1n) is 5.73. The first kappa shape index (κ1) is 11.9. The summed E-state index contributed by atoms with van der Waals surface area (Å²) < 4.78 is 1.07. The Kier molecular flexibility index (Phi) is 4.24. The van der Waals surface area contributed by atoms with Crippen molar-refractivity contribution in [3.05, 3.63) is 35.4 Å². The molecular formula is C13H17NS2. The van der Waals surface area contributed by atoms with Crippen molar-refractivity contribution in [3.63, 3.8) is 0 Å². The summed E-state index contributed by atoms with van der Waals surface area (Å²) in [6, 6.07) is 8.70. The first-order chi connectivity index (χ1) is 7.75. The Labute approximate surface area is 107 Å². The lowest BCUT2D eigenvalue weighted by Crippen LogP contribution is -2.23. The van der Waals surface area contributed by atoms with E-state index in [4.69, 9.17) is 12.2 Å². The lowest BCUT2D eigenvalue weighted by molar-refractivity contribution is 0.539. The number of hydrogen-bond donors (Lipinski definition) is 0. The third kappa shape index (κ3) is 3.22. The highest BCUT2D eigenvalue weighted by atomic mass is 32.2. The average Bonchev–Trinajstić information content (AvgIpc) is 2.81. The Morgan fingerprint density at radius 2 is 1.88 bits per heavy atom. The van der Waals surface area contributed by atoms with Crippen LogP contribution >= 0.6 is 24.0 Å². The van der Waals surface area contributed by atoms with Gasteiger partial charge < -0.3 is 4.90 Å². The molecule has 1 aliphatic rings. The lowest BCUT2D eigenvalue weighted by Gasteiger charge is -2.17. The number of nitrogens with zero attached hydrogens (tertiary/aromatic N) is 1. The molecule has 0 bridgehead atoms. The van der Waals surface area contributed by atoms with E-state index in [9.17, 15) is 0 Å². The van der Waals surface area contributed by atoms with Gasteiger partial charge in [0.1, 0.15) is 4.32 Å². The van der Waals surface area contributed by atoms with Crippen molar-refractivity contribution in [2.75, 3.05) is 13.1 Å². The summed E-state index contributed by atoms with van der Waals surface area (Å²) in [4.78, 5) is 2.33. The van der Waals surface area contributed by atoms with E-state index in [0.717, 1.165) is 23.2 Å². The van der Waals surface area contributed by atoms with Gasteiger partial charge in [-0.25, -0.2) is 0 Å². The summed E-state index contributed by atoms with van der Waals surface area (Å²) in [7, 11) is 0. The van der Waals surface area contributed by atoms with E-state index in [1.165, 1.54) is 24.0 Å². The lowest BCUT2D eigenvalue weighted by atomic mass is 10.2. The molecule has 1 aliphatic heterocycles. The molecule has 1 fully saturated rings. The molecule has 0 unspecified atom stereocenters. The maximum absolute atomic E-state index is 5.43. The van der Waals surface area contributed by atoms with Crippen molar-refractivity contribution in [3.8, 4) is 0 Å². The van der Waals surface area contributed by atoms with Gasteiger partial charge in [-0.15, -0.1) is 0 Å². The molecule has 0 spiro atoms. The molecule has 1 nitrogen and oxygen atoms in total. The van der Waals surface area contributed by atoms with Crippen molar-refractivity contribution >= 4 is 28.3 Å². The van der Waals surface area contributed by atoms with Gasteiger partial charge in [-0.1, -0.05) is 53.8 Å². The van der Waals surface area contributed by atoms with Crippen LogP contribution in [0, 0.1) is 6.92 Å². The van der Waals surface area contributed by atoms with Crippen LogP contribution in [-0.2, 0) is 5.75 Å². The van der Waals surface area contributed by atoms with E-state index < -0.39 is 0 Å². The van der Waals surface area contributed by atoms with Gasteiger partial charge in [-0.2, -0.15) is 0 Å². The average molecular weight is 251 g/mol. The van der Waals surface area contributed by atoms with Gasteiger partial charge in [0.05, 0.1) is 0 Å². The third-order valence-corrected chi connectivity index (χ3v) is 4.44. The number of aryl methyl sites for hydroxylation is 1. The minimum atomic E-state index is 0.996. The molecule has 86 valence electrons. The van der Waals surface area contributed by atoms with Crippen molar-refractivity contribution in [1.82, 2.24) is 4.90 Å². The molecule has 2 rings (SSSR count). The van der Waals surface area contributed by atoms with Crippen molar-refractivity contribution in [2.45, 2.75) is 25.5 Å². The molecule has 1 heterocycles. The van der Waals surface area contributed by atoms with Gasteiger partial charge in [0.15, 0.2) is 0 Å². The molecule has 0 N–H and O–H groups in total. The van der Waals surface area contributed by atoms with Crippen LogP contribution in [0.1, 0.15) is 24.0 Å². The smallest absolute Gasteiger partial charge is 0.136 e. The van der Waals surface area contributed by atoms with E-state index in [1.54, 1.807) is 11.8 Å². The number of rotatable bonds is 2. The summed E-state index contributed by atoms with van der Waals surface area (Å²) in [5.41, 5.74) is 2.67. The van der Waals surface area contributed by atoms with Crippen molar-refractivity contribution in [1.29, 1.82) is 0 Å². The Hall–Kier alpha value is -0.540. The topological polar surface area (TPSA) is 3.24 Å². The second kappa shape index (κ2) is 5.69. The molecule has 1 aromatic rings. The Balaban J connectivity index is 1.82. The molecular weight excluding hydrogens is 234 g/mol. The van der Waals surface area contributed by atoms with Crippen LogP contribution in [0.4, 0.5) is 0 Å². The second-order valence-electron chi connectivity index (χ2n) is 4.23. The van der Waals surface area contributed by atoms with Crippen LogP contribution < -0.4 is 0 Å². The van der Waals surface area contributed by atoms with Crippen LogP contribution in [0.2, 0.25) is 0 Å². The van der Waals surface area contributed by atoms with Gasteiger partial charge in [0, 0.05) is 18.8 Å². The van der Waals surface area contributed by atoms with Gasteiger partial charge >= 0.3 is 0 Å². The normalized spacial score (nSPS) is 15.4. The highest BCUT2D eigenvalue weighted by Crippen LogP contribution is 2.20. The number of thioether (sulfide) groups is 1. The monoisotopic (exact) mass is 251 g/mol. The fourth-order valence-electron chi connectivity index (χ4n) is 1.82. The Morgan fingerprint density at radius 1 is 1.25 bits per heavy atom. The summed E-state index contributed by atoms with van der Waals surface area (Å²) in [6.07, 6.45) is 2.59. The zero-order valence-corrected chi connectivity index (χ0v) is 11.2. The van der Waals surface area contributed by atoms with E-state index in [-0.39, 0.29) is 0 Å². The summed E-state index contributed by atoms with van der Waals surface area (Å²) in [5, 5.41) is 0.